The number of nitrogens with one attached hydrogen (secondary N) is 2. The number of likely N-dealkylation sites (tertiary alicyclic amines) is 1. The summed E-state index contributed by atoms with van der Waals surface area (Å²) in [5, 5.41) is 0. The van der Waals surface area contributed by atoms with Crippen molar-refractivity contribution in [3.63, 3.8) is 0 Å². The topological polar surface area (TPSA) is 49.4 Å². The first-order chi connectivity index (χ1) is 13.7. The second kappa shape index (κ2) is 9.14. The molecule has 1 aromatic heterocycles. The van der Waals surface area contributed by atoms with Gasteiger partial charge in [0.1, 0.15) is 0 Å². The minimum absolute atomic E-state index is 0.303. The number of aryl methyl sites for hydroxylation is 2. The van der Waals surface area contributed by atoms with E-state index in [2.05, 4.69) is 52.8 Å². The third-order valence-electron chi connectivity index (χ3n) is 6.01. The molecule has 2 saturated heterocycles. The van der Waals surface area contributed by atoms with Crippen molar-refractivity contribution < 1.29 is 4.74 Å². The highest BCUT2D eigenvalue weighted by Gasteiger charge is 2.32. The van der Waals surface area contributed by atoms with Crippen molar-refractivity contribution in [3.8, 4) is 0 Å². The lowest BCUT2D eigenvalue weighted by Gasteiger charge is -2.35. The zero-order chi connectivity index (χ0) is 19.3. The smallest absolute Gasteiger partial charge is 0.0892 e. The summed E-state index contributed by atoms with van der Waals surface area (Å²) in [5.41, 5.74) is 12.1. The van der Waals surface area contributed by atoms with Crippen LogP contribution in [0.15, 0.2) is 42.6 Å². The average Bonchev–Trinajstić information content (AvgIpc) is 3.17. The molecule has 0 saturated carbocycles. The maximum absolute atomic E-state index is 6.17. The van der Waals surface area contributed by atoms with Crippen LogP contribution in [0.2, 0.25) is 0 Å². The van der Waals surface area contributed by atoms with Crippen LogP contribution in [0.25, 0.3) is 0 Å². The van der Waals surface area contributed by atoms with Crippen LogP contribution < -0.4 is 10.9 Å². The number of pyridine rings is 1. The van der Waals surface area contributed by atoms with Gasteiger partial charge < -0.3 is 9.64 Å². The highest BCUT2D eigenvalue weighted by atomic mass is 16.5. The third-order valence-corrected chi connectivity index (χ3v) is 6.01. The van der Waals surface area contributed by atoms with Gasteiger partial charge >= 0.3 is 0 Å². The van der Waals surface area contributed by atoms with Gasteiger partial charge in [-0.3, -0.25) is 10.4 Å². The molecule has 3 atom stereocenters. The summed E-state index contributed by atoms with van der Waals surface area (Å²) in [7, 11) is 0. The van der Waals surface area contributed by atoms with E-state index in [9.17, 15) is 0 Å². The molecule has 0 spiro atoms. The fourth-order valence-corrected chi connectivity index (χ4v) is 4.47. The molecule has 2 fully saturated rings. The predicted molar refractivity (Wildman–Crippen MR) is 112 cm³/mol. The average molecular weight is 381 g/mol. The summed E-state index contributed by atoms with van der Waals surface area (Å²) in [6, 6.07) is 13.1. The predicted octanol–water partition coefficient (Wildman–Crippen LogP) is 3.14. The highest BCUT2D eigenvalue weighted by molar-refractivity contribution is 5.34. The largest absolute Gasteiger partial charge is 0.371 e. The Bertz CT molecular complexity index is 766. The standard InChI is InChI=1S/C23H32N4O/c1-17-8-9-18(2)22(12-17)23-19(13-25-26-23)14-27-11-5-7-21(15-27)28-16-20-6-3-4-10-24-20/h3-4,6,8-10,12,19,21,23,25-26H,5,7,11,13-16H2,1-2H3. The summed E-state index contributed by atoms with van der Waals surface area (Å²) in [6.45, 7) is 9.29. The Morgan fingerprint density at radius 3 is 3.00 bits per heavy atom. The van der Waals surface area contributed by atoms with Crippen LogP contribution in [0.5, 0.6) is 0 Å². The van der Waals surface area contributed by atoms with Gasteiger partial charge in [0.2, 0.25) is 0 Å². The monoisotopic (exact) mass is 380 g/mol. The van der Waals surface area contributed by atoms with E-state index in [1.165, 1.54) is 29.7 Å². The normalized spacial score (nSPS) is 25.9. The van der Waals surface area contributed by atoms with Crippen LogP contribution in [0.3, 0.4) is 0 Å². The van der Waals surface area contributed by atoms with Gasteiger partial charge in [-0.25, -0.2) is 5.43 Å². The van der Waals surface area contributed by atoms with Gasteiger partial charge in [0, 0.05) is 31.7 Å². The quantitative estimate of drug-likeness (QED) is 0.806. The van der Waals surface area contributed by atoms with E-state index >= 15 is 0 Å². The van der Waals surface area contributed by atoms with Gasteiger partial charge in [-0.15, -0.1) is 0 Å². The molecule has 2 aliphatic heterocycles. The zero-order valence-electron chi connectivity index (χ0n) is 17.0. The molecule has 0 aliphatic carbocycles. The maximum Gasteiger partial charge on any atom is 0.0892 e. The van der Waals surface area contributed by atoms with Crippen molar-refractivity contribution in [3.05, 3.63) is 65.0 Å². The van der Waals surface area contributed by atoms with Crippen LogP contribution in [0, 0.1) is 19.8 Å². The number of piperidine rings is 1. The van der Waals surface area contributed by atoms with Crippen molar-refractivity contribution >= 4 is 0 Å². The third kappa shape index (κ3) is 4.78. The second-order valence-electron chi connectivity index (χ2n) is 8.28. The van der Waals surface area contributed by atoms with E-state index < -0.39 is 0 Å². The Hall–Kier alpha value is -1.79. The van der Waals surface area contributed by atoms with E-state index in [-0.39, 0.29) is 0 Å². The summed E-state index contributed by atoms with van der Waals surface area (Å²) in [6.07, 6.45) is 4.48. The lowest BCUT2D eigenvalue weighted by Crippen LogP contribution is -2.43. The SMILES string of the molecule is Cc1ccc(C)c(C2NNCC2CN2CCCC(OCc3ccccn3)C2)c1. The summed E-state index contributed by atoms with van der Waals surface area (Å²) in [5.74, 6) is 0.565. The van der Waals surface area contributed by atoms with Gasteiger partial charge in [-0.2, -0.15) is 0 Å². The second-order valence-corrected chi connectivity index (χ2v) is 8.28. The fraction of sp³-hybridized carbons (Fsp3) is 0.522. The van der Waals surface area contributed by atoms with Gasteiger partial charge in [0.05, 0.1) is 24.4 Å². The van der Waals surface area contributed by atoms with E-state index in [0.29, 0.717) is 24.7 Å². The number of aromatic nitrogens is 1. The Labute approximate surface area is 168 Å². The molecule has 2 N–H and O–H groups in total. The minimum atomic E-state index is 0.303. The molecule has 5 heteroatoms. The summed E-state index contributed by atoms with van der Waals surface area (Å²) in [4.78, 5) is 6.96. The molecule has 5 nitrogen and oxygen atoms in total. The van der Waals surface area contributed by atoms with E-state index in [1.54, 1.807) is 0 Å². The molecule has 0 amide bonds. The molecule has 28 heavy (non-hydrogen) atoms. The van der Waals surface area contributed by atoms with Gasteiger partial charge in [-0.1, -0.05) is 29.8 Å². The van der Waals surface area contributed by atoms with Crippen LogP contribution in [-0.2, 0) is 11.3 Å². The first-order valence-electron chi connectivity index (χ1n) is 10.5. The molecule has 2 aromatic rings. The van der Waals surface area contributed by atoms with Crippen molar-refractivity contribution in [2.45, 2.75) is 45.4 Å². The minimum Gasteiger partial charge on any atom is -0.371 e. The number of hydrogen-bond donors (Lipinski definition) is 2. The Morgan fingerprint density at radius 2 is 2.14 bits per heavy atom. The van der Waals surface area contributed by atoms with Crippen LogP contribution in [0.4, 0.5) is 0 Å². The molecule has 2 aliphatic rings. The van der Waals surface area contributed by atoms with Crippen molar-refractivity contribution in [2.24, 2.45) is 5.92 Å². The van der Waals surface area contributed by atoms with Crippen LogP contribution in [-0.4, -0.2) is 42.2 Å². The lowest BCUT2D eigenvalue weighted by molar-refractivity contribution is -0.0146. The van der Waals surface area contributed by atoms with Gasteiger partial charge in [0.25, 0.3) is 0 Å². The van der Waals surface area contributed by atoms with E-state index in [1.807, 2.05) is 24.4 Å². The molecule has 3 unspecified atom stereocenters. The molecular weight excluding hydrogens is 348 g/mol. The van der Waals surface area contributed by atoms with Gasteiger partial charge in [-0.05, 0) is 56.5 Å². The zero-order valence-corrected chi connectivity index (χ0v) is 17.0. The van der Waals surface area contributed by atoms with E-state index in [4.69, 9.17) is 4.74 Å². The molecule has 150 valence electrons. The lowest BCUT2D eigenvalue weighted by atomic mass is 9.90. The van der Waals surface area contributed by atoms with Crippen molar-refractivity contribution in [2.75, 3.05) is 26.2 Å². The Morgan fingerprint density at radius 1 is 1.21 bits per heavy atom. The number of benzene rings is 1. The van der Waals surface area contributed by atoms with E-state index in [0.717, 1.165) is 31.7 Å². The Kier molecular flexibility index (Phi) is 6.37. The molecule has 0 radical (unpaired) electrons. The molecular formula is C23H32N4O. The number of hydrazine groups is 1. The number of ether oxygens (including phenoxy) is 1. The van der Waals surface area contributed by atoms with Crippen LogP contribution >= 0.6 is 0 Å². The molecule has 4 rings (SSSR count). The first-order valence-corrected chi connectivity index (χ1v) is 10.5. The number of hydrogen-bond acceptors (Lipinski definition) is 5. The maximum atomic E-state index is 6.17. The fourth-order valence-electron chi connectivity index (χ4n) is 4.47. The number of rotatable bonds is 6. The molecule has 1 aromatic carbocycles. The van der Waals surface area contributed by atoms with Crippen molar-refractivity contribution in [1.29, 1.82) is 0 Å². The van der Waals surface area contributed by atoms with Crippen LogP contribution in [0.1, 0.15) is 41.3 Å². The first kappa shape index (κ1) is 19.5. The summed E-state index contributed by atoms with van der Waals surface area (Å²) < 4.78 is 6.17. The van der Waals surface area contributed by atoms with Gasteiger partial charge in [0.15, 0.2) is 0 Å². The molecule has 0 bridgehead atoms. The number of nitrogens with zero attached hydrogens (tertiary/aromatic N) is 2. The molecule has 3 heterocycles. The highest BCUT2D eigenvalue weighted by Crippen LogP contribution is 2.29. The Balaban J connectivity index is 1.34. The van der Waals surface area contributed by atoms with Crippen molar-refractivity contribution in [1.82, 2.24) is 20.7 Å². The summed E-state index contributed by atoms with van der Waals surface area (Å²) >= 11 is 0.